The fourth-order valence-corrected chi connectivity index (χ4v) is 12.6. The van der Waals surface area contributed by atoms with Crippen LogP contribution in [0.25, 0.3) is 0 Å². The lowest BCUT2D eigenvalue weighted by molar-refractivity contribution is -0.379. The fourth-order valence-electron chi connectivity index (χ4n) is 12.6. The summed E-state index contributed by atoms with van der Waals surface area (Å²) in [6, 6.07) is -0.981. The number of amides is 1. The standard InChI is InChI=1S/C73H135NO18/c1-3-5-7-9-11-13-15-17-19-20-21-22-23-24-25-26-27-28-29-30-31-32-33-34-35-37-38-40-42-44-46-48-50-57(78)56(74-61(79)51-49-47-45-43-41-39-36-18-16-14-12-10-8-6-4-2)55-87-71-67(85)64(82)69(59(53-76)89-71)92-73-68(86)65(83)70(60(54-77)90-73)91-72-66(84)63(81)62(80)58(52-75)88-72/h12,14,18,36,48,50,56-60,62-73,75-78,80-86H,3-11,13,15-17,19-35,37-47,49,51-55H2,1-2H3,(H,74,79)/b14-12-,36-18-,50-48+. The molecule has 17 unspecified atom stereocenters. The fraction of sp³-hybridized carbons (Fsp3) is 0.904. The van der Waals surface area contributed by atoms with Crippen LogP contribution in [-0.4, -0.2) is 193 Å². The van der Waals surface area contributed by atoms with Gasteiger partial charge in [0, 0.05) is 6.42 Å². The zero-order valence-corrected chi connectivity index (χ0v) is 57.3. The zero-order valence-electron chi connectivity index (χ0n) is 57.3. The summed E-state index contributed by atoms with van der Waals surface area (Å²) in [6.45, 7) is 1.72. The van der Waals surface area contributed by atoms with Gasteiger partial charge >= 0.3 is 0 Å². The molecule has 3 saturated heterocycles. The van der Waals surface area contributed by atoms with Gasteiger partial charge in [0.15, 0.2) is 18.9 Å². The quantitative estimate of drug-likeness (QED) is 0.0199. The summed E-state index contributed by atoms with van der Waals surface area (Å²) in [5, 5.41) is 121. The first-order chi connectivity index (χ1) is 44.8. The Labute approximate surface area is 555 Å². The minimum atomic E-state index is -1.98. The smallest absolute Gasteiger partial charge is 0.220 e. The Balaban J connectivity index is 1.37. The number of unbranched alkanes of at least 4 members (excludes halogenated alkanes) is 38. The van der Waals surface area contributed by atoms with Gasteiger partial charge in [0.2, 0.25) is 5.91 Å². The molecule has 3 fully saturated rings. The van der Waals surface area contributed by atoms with Gasteiger partial charge in [-0.25, -0.2) is 0 Å². The van der Waals surface area contributed by atoms with Crippen molar-refractivity contribution in [2.75, 3.05) is 26.4 Å². The van der Waals surface area contributed by atoms with Crippen LogP contribution in [0.1, 0.15) is 290 Å². The van der Waals surface area contributed by atoms with Crippen molar-refractivity contribution in [3.05, 3.63) is 36.5 Å². The number of allylic oxidation sites excluding steroid dienone is 5. The average Bonchev–Trinajstić information content (AvgIpc) is 0.837. The highest BCUT2D eigenvalue weighted by molar-refractivity contribution is 5.76. The number of carbonyl (C=O) groups is 1. The van der Waals surface area contributed by atoms with E-state index in [1.165, 1.54) is 193 Å². The first kappa shape index (κ1) is 84.2. The summed E-state index contributed by atoms with van der Waals surface area (Å²) >= 11 is 0. The highest BCUT2D eigenvalue weighted by atomic mass is 16.8. The second kappa shape index (κ2) is 55.0. The van der Waals surface area contributed by atoms with Crippen molar-refractivity contribution in [3.63, 3.8) is 0 Å². The van der Waals surface area contributed by atoms with Crippen LogP contribution in [-0.2, 0) is 33.2 Å². The molecule has 3 heterocycles. The molecule has 1 amide bonds. The van der Waals surface area contributed by atoms with E-state index in [-0.39, 0.29) is 18.9 Å². The first-order valence-corrected chi connectivity index (χ1v) is 37.2. The van der Waals surface area contributed by atoms with Crippen LogP contribution in [0.4, 0.5) is 0 Å². The van der Waals surface area contributed by atoms with Crippen molar-refractivity contribution in [2.45, 2.75) is 394 Å². The minimum absolute atomic E-state index is 0.228. The minimum Gasteiger partial charge on any atom is -0.394 e. The number of carbonyl (C=O) groups excluding carboxylic acids is 1. The Hall–Kier alpha value is -1.99. The third-order valence-corrected chi connectivity index (χ3v) is 18.7. The summed E-state index contributed by atoms with van der Waals surface area (Å²) in [5.41, 5.74) is 0. The molecule has 0 bridgehead atoms. The monoisotopic (exact) mass is 1310 g/mol. The molecule has 3 aliphatic rings. The lowest BCUT2D eigenvalue weighted by Gasteiger charge is -2.48. The third-order valence-electron chi connectivity index (χ3n) is 18.7. The highest BCUT2D eigenvalue weighted by Gasteiger charge is 2.53. The van der Waals surface area contributed by atoms with Crippen LogP contribution >= 0.6 is 0 Å². The molecule has 17 atom stereocenters. The van der Waals surface area contributed by atoms with Crippen LogP contribution in [0.2, 0.25) is 0 Å². The number of nitrogens with one attached hydrogen (secondary N) is 1. The van der Waals surface area contributed by atoms with E-state index >= 15 is 0 Å². The molecule has 0 aromatic heterocycles. The second-order valence-electron chi connectivity index (χ2n) is 26.8. The van der Waals surface area contributed by atoms with Crippen molar-refractivity contribution < 1.29 is 89.4 Å². The highest BCUT2D eigenvalue weighted by Crippen LogP contribution is 2.33. The van der Waals surface area contributed by atoms with Gasteiger partial charge in [-0.3, -0.25) is 4.79 Å². The average molecular weight is 1310 g/mol. The summed E-state index contributed by atoms with van der Waals surface area (Å²) < 4.78 is 34.4. The maximum Gasteiger partial charge on any atom is 0.220 e. The van der Waals surface area contributed by atoms with E-state index in [2.05, 4.69) is 43.5 Å². The zero-order chi connectivity index (χ0) is 66.8. The lowest BCUT2D eigenvalue weighted by atomic mass is 9.96. The van der Waals surface area contributed by atoms with Crippen LogP contribution in [0.15, 0.2) is 36.5 Å². The number of rotatable bonds is 58. The number of aliphatic hydroxyl groups is 11. The molecule has 0 spiro atoms. The SMILES string of the molecule is CCCCC/C=C\C/C=C\CCCCCCCC(=O)NC(COC1OC(CO)C(OC2OC(CO)C(OC3OC(CO)C(O)C(O)C3O)C(O)C2O)C(O)C1O)C(O)/C=C/CCCCCCCCCCCCCCCCCCCCCCCCCCCCCCCC. The van der Waals surface area contributed by atoms with Gasteiger partial charge in [-0.2, -0.15) is 0 Å². The van der Waals surface area contributed by atoms with Crippen molar-refractivity contribution >= 4 is 5.91 Å². The topological polar surface area (TPSA) is 307 Å². The molecule has 19 nitrogen and oxygen atoms in total. The second-order valence-corrected chi connectivity index (χ2v) is 26.8. The summed E-state index contributed by atoms with van der Waals surface area (Å²) in [4.78, 5) is 13.4. The maximum absolute atomic E-state index is 13.4. The molecule has 540 valence electrons. The summed E-state index contributed by atoms with van der Waals surface area (Å²) in [6.07, 6.45) is 38.6. The summed E-state index contributed by atoms with van der Waals surface area (Å²) in [7, 11) is 0. The molecule has 0 aromatic carbocycles. The van der Waals surface area contributed by atoms with Crippen LogP contribution < -0.4 is 5.32 Å². The molecule has 19 heteroatoms. The normalized spacial score (nSPS) is 27.9. The van der Waals surface area contributed by atoms with Gasteiger partial charge in [0.25, 0.3) is 0 Å². The van der Waals surface area contributed by atoms with Crippen LogP contribution in [0.3, 0.4) is 0 Å². The van der Waals surface area contributed by atoms with E-state index in [9.17, 15) is 61.0 Å². The van der Waals surface area contributed by atoms with Gasteiger partial charge in [-0.15, -0.1) is 0 Å². The van der Waals surface area contributed by atoms with Gasteiger partial charge in [0.1, 0.15) is 73.2 Å². The van der Waals surface area contributed by atoms with E-state index in [0.717, 1.165) is 70.6 Å². The third kappa shape index (κ3) is 36.0. The predicted molar refractivity (Wildman–Crippen MR) is 360 cm³/mol. The molecule has 3 aliphatic heterocycles. The molecule has 12 N–H and O–H groups in total. The van der Waals surface area contributed by atoms with Crippen molar-refractivity contribution in [1.29, 1.82) is 0 Å². The lowest BCUT2D eigenvalue weighted by Crippen LogP contribution is -2.66. The van der Waals surface area contributed by atoms with Gasteiger partial charge in [-0.1, -0.05) is 269 Å². The molecular weight excluding hydrogens is 1180 g/mol. The van der Waals surface area contributed by atoms with Crippen molar-refractivity contribution in [2.24, 2.45) is 0 Å². The van der Waals surface area contributed by atoms with Crippen LogP contribution in [0.5, 0.6) is 0 Å². The first-order valence-electron chi connectivity index (χ1n) is 37.2. The van der Waals surface area contributed by atoms with Gasteiger partial charge < -0.3 is 89.9 Å². The molecule has 0 saturated carbocycles. The molecule has 0 radical (unpaired) electrons. The summed E-state index contributed by atoms with van der Waals surface area (Å²) in [5.74, 6) is -0.287. The number of hydrogen-bond acceptors (Lipinski definition) is 18. The Morgan fingerprint density at radius 3 is 1.13 bits per heavy atom. The van der Waals surface area contributed by atoms with E-state index < -0.39 is 124 Å². The molecule has 0 aliphatic carbocycles. The number of hydrogen-bond donors (Lipinski definition) is 12. The Morgan fingerprint density at radius 1 is 0.391 bits per heavy atom. The predicted octanol–water partition coefficient (Wildman–Crippen LogP) is 10.8. The Bertz CT molecular complexity index is 1810. The van der Waals surface area contributed by atoms with E-state index in [1.807, 2.05) is 6.08 Å². The van der Waals surface area contributed by atoms with Crippen molar-refractivity contribution in [3.8, 4) is 0 Å². The number of aliphatic hydroxyl groups excluding tert-OH is 11. The van der Waals surface area contributed by atoms with Gasteiger partial charge in [0.05, 0.1) is 38.6 Å². The van der Waals surface area contributed by atoms with E-state index in [1.54, 1.807) is 6.08 Å². The Morgan fingerprint density at radius 2 is 0.717 bits per heavy atom. The maximum atomic E-state index is 13.4. The number of ether oxygens (including phenoxy) is 6. The molecule has 3 rings (SSSR count). The Kier molecular flexibility index (Phi) is 50.3. The van der Waals surface area contributed by atoms with E-state index in [0.29, 0.717) is 6.42 Å². The molecule has 92 heavy (non-hydrogen) atoms. The largest absolute Gasteiger partial charge is 0.394 e. The van der Waals surface area contributed by atoms with Crippen LogP contribution in [0, 0.1) is 0 Å². The van der Waals surface area contributed by atoms with Crippen molar-refractivity contribution in [1.82, 2.24) is 5.32 Å². The van der Waals surface area contributed by atoms with Gasteiger partial charge in [-0.05, 0) is 51.4 Å². The van der Waals surface area contributed by atoms with E-state index in [4.69, 9.17) is 28.4 Å². The molecular formula is C73H135NO18. The molecule has 0 aromatic rings.